The van der Waals surface area contributed by atoms with Crippen LogP contribution in [0.15, 0.2) is 0 Å². The first-order chi connectivity index (χ1) is 6.68. The second-order valence-electron chi connectivity index (χ2n) is 2.83. The van der Waals surface area contributed by atoms with Crippen molar-refractivity contribution in [2.45, 2.75) is 39.0 Å². The third-order valence-corrected chi connectivity index (χ3v) is 5.40. The Kier molecular flexibility index (Phi) is 10.9. The Bertz CT molecular complexity index is 171. The van der Waals surface area contributed by atoms with Crippen LogP contribution < -0.4 is 0 Å². The van der Waals surface area contributed by atoms with Crippen molar-refractivity contribution in [1.29, 1.82) is 0 Å². The maximum Gasteiger partial charge on any atom is 0.493 e. The molecule has 0 bridgehead atoms. The SMILES string of the molecule is CCCCCCCOP(=O)(OI)OI. The Hall–Kier alpha value is 1.57. The molecule has 0 aliphatic rings. The normalized spacial score (nSPS) is 11.9. The van der Waals surface area contributed by atoms with Crippen molar-refractivity contribution in [1.82, 2.24) is 0 Å². The van der Waals surface area contributed by atoms with E-state index in [0.29, 0.717) is 6.61 Å². The van der Waals surface area contributed by atoms with Crippen molar-refractivity contribution in [2.75, 3.05) is 6.61 Å². The fourth-order valence-corrected chi connectivity index (χ4v) is 3.47. The van der Waals surface area contributed by atoms with E-state index in [1.807, 2.05) is 0 Å². The van der Waals surface area contributed by atoms with Gasteiger partial charge >= 0.3 is 7.82 Å². The van der Waals surface area contributed by atoms with Gasteiger partial charge in [-0.2, -0.15) is 0 Å². The van der Waals surface area contributed by atoms with E-state index in [1.54, 1.807) is 0 Å². The Morgan fingerprint density at radius 1 is 1.07 bits per heavy atom. The van der Waals surface area contributed by atoms with Gasteiger partial charge in [0.1, 0.15) is 46.0 Å². The van der Waals surface area contributed by atoms with Crippen LogP contribution in [-0.2, 0) is 14.8 Å². The smallest absolute Gasteiger partial charge is 0.286 e. The summed E-state index contributed by atoms with van der Waals surface area (Å²) in [6.07, 6.45) is 5.64. The van der Waals surface area contributed by atoms with Crippen molar-refractivity contribution >= 4 is 53.8 Å². The van der Waals surface area contributed by atoms with E-state index in [0.717, 1.165) is 12.8 Å². The van der Waals surface area contributed by atoms with Crippen LogP contribution in [0.3, 0.4) is 0 Å². The molecule has 0 aromatic rings. The molecule has 0 aromatic carbocycles. The average molecular weight is 448 g/mol. The molecule has 0 heterocycles. The highest BCUT2D eigenvalue weighted by Crippen LogP contribution is 2.53. The summed E-state index contributed by atoms with van der Waals surface area (Å²) in [6, 6.07) is 0. The van der Waals surface area contributed by atoms with E-state index in [9.17, 15) is 4.57 Å². The summed E-state index contributed by atoms with van der Waals surface area (Å²) < 4.78 is 25.5. The van der Waals surface area contributed by atoms with Gasteiger partial charge in [-0.1, -0.05) is 32.6 Å². The van der Waals surface area contributed by atoms with Crippen LogP contribution in [0, 0.1) is 0 Å². The predicted octanol–water partition coefficient (Wildman–Crippen LogP) is 4.81. The maximum atomic E-state index is 11.4. The van der Waals surface area contributed by atoms with Crippen LogP contribution in [0.4, 0.5) is 0 Å². The van der Waals surface area contributed by atoms with Crippen LogP contribution in [0.1, 0.15) is 39.0 Å². The van der Waals surface area contributed by atoms with Crippen molar-refractivity contribution in [3.8, 4) is 0 Å². The summed E-state index contributed by atoms with van der Waals surface area (Å²) in [6.45, 7) is 2.59. The standard InChI is InChI=1S/C7H15I2O4P/c1-2-3-4-5-6-7-11-14(10,12-8)13-9/h2-7H2,1H3. The molecule has 0 aliphatic carbocycles. The highest BCUT2D eigenvalue weighted by atomic mass is 127. The number of rotatable bonds is 9. The molecule has 4 nitrogen and oxygen atoms in total. The summed E-state index contributed by atoms with van der Waals surface area (Å²) in [7, 11) is -3.26. The van der Waals surface area contributed by atoms with Crippen molar-refractivity contribution in [3.63, 3.8) is 0 Å². The molecule has 86 valence electrons. The van der Waals surface area contributed by atoms with E-state index >= 15 is 0 Å². The van der Waals surface area contributed by atoms with Gasteiger partial charge in [0.2, 0.25) is 0 Å². The molecule has 0 saturated heterocycles. The monoisotopic (exact) mass is 448 g/mol. The van der Waals surface area contributed by atoms with Crippen molar-refractivity contribution < 1.29 is 14.8 Å². The van der Waals surface area contributed by atoms with Crippen LogP contribution in [0.2, 0.25) is 0 Å². The number of hydrogen-bond donors (Lipinski definition) is 0. The third-order valence-electron chi connectivity index (χ3n) is 1.67. The minimum Gasteiger partial charge on any atom is -0.286 e. The minimum atomic E-state index is -3.26. The average Bonchev–Trinajstić information content (AvgIpc) is 2.23. The lowest BCUT2D eigenvalue weighted by Gasteiger charge is -2.09. The first kappa shape index (κ1) is 15.6. The molecule has 0 radical (unpaired) electrons. The molecular formula is C7H15I2O4P. The van der Waals surface area contributed by atoms with Gasteiger partial charge in [-0.3, -0.25) is 4.52 Å². The fourth-order valence-electron chi connectivity index (χ4n) is 0.932. The summed E-state index contributed by atoms with van der Waals surface area (Å²) in [5, 5.41) is 0. The molecular weight excluding hydrogens is 433 g/mol. The molecule has 0 N–H and O–H groups in total. The summed E-state index contributed by atoms with van der Waals surface area (Å²) in [5.41, 5.74) is 0. The fraction of sp³-hybridized carbons (Fsp3) is 1.00. The molecule has 0 atom stereocenters. The van der Waals surface area contributed by atoms with Gasteiger partial charge in [0, 0.05) is 0 Å². The lowest BCUT2D eigenvalue weighted by atomic mass is 10.2. The van der Waals surface area contributed by atoms with Gasteiger partial charge < -0.3 is 0 Å². The lowest BCUT2D eigenvalue weighted by Crippen LogP contribution is -1.93. The Morgan fingerprint density at radius 2 is 1.64 bits per heavy atom. The molecule has 0 fully saturated rings. The highest BCUT2D eigenvalue weighted by molar-refractivity contribution is 14.1. The van der Waals surface area contributed by atoms with E-state index in [-0.39, 0.29) is 0 Å². The molecule has 0 spiro atoms. The molecule has 14 heavy (non-hydrogen) atoms. The maximum absolute atomic E-state index is 11.4. The van der Waals surface area contributed by atoms with Crippen LogP contribution in [-0.4, -0.2) is 6.61 Å². The summed E-state index contributed by atoms with van der Waals surface area (Å²) in [4.78, 5) is 0. The van der Waals surface area contributed by atoms with Crippen LogP contribution in [0.25, 0.3) is 0 Å². The highest BCUT2D eigenvalue weighted by Gasteiger charge is 2.24. The zero-order chi connectivity index (χ0) is 10.9. The van der Waals surface area contributed by atoms with Crippen LogP contribution in [0.5, 0.6) is 0 Å². The second kappa shape index (κ2) is 9.77. The van der Waals surface area contributed by atoms with Gasteiger partial charge in [-0.15, -0.1) is 0 Å². The number of phosphoric acid groups is 1. The molecule has 0 aromatic heterocycles. The molecule has 0 rings (SSSR count). The first-order valence-electron chi connectivity index (χ1n) is 4.53. The van der Waals surface area contributed by atoms with E-state index in [1.165, 1.54) is 65.3 Å². The molecule has 7 heteroatoms. The number of hydrogen-bond acceptors (Lipinski definition) is 4. The predicted molar refractivity (Wildman–Crippen MR) is 72.5 cm³/mol. The van der Waals surface area contributed by atoms with Gasteiger partial charge in [0.05, 0.1) is 6.61 Å². The Morgan fingerprint density at radius 3 is 2.14 bits per heavy atom. The largest absolute Gasteiger partial charge is 0.493 e. The van der Waals surface area contributed by atoms with Gasteiger partial charge in [-0.05, 0) is 6.42 Å². The summed E-state index contributed by atoms with van der Waals surface area (Å²) >= 11 is 3.05. The van der Waals surface area contributed by atoms with Crippen LogP contribution >= 0.6 is 53.8 Å². The van der Waals surface area contributed by atoms with E-state index < -0.39 is 7.82 Å². The van der Waals surface area contributed by atoms with Gasteiger partial charge in [0.15, 0.2) is 0 Å². The molecule has 0 unspecified atom stereocenters. The second-order valence-corrected chi connectivity index (χ2v) is 6.62. The third kappa shape index (κ3) is 7.81. The minimum absolute atomic E-state index is 0.424. The van der Waals surface area contributed by atoms with E-state index in [4.69, 9.17) is 4.52 Å². The molecule has 0 aliphatic heterocycles. The van der Waals surface area contributed by atoms with E-state index in [2.05, 4.69) is 12.6 Å². The zero-order valence-corrected chi connectivity index (χ0v) is 13.3. The first-order valence-corrected chi connectivity index (χ1v) is 7.76. The van der Waals surface area contributed by atoms with Gasteiger partial charge in [-0.25, -0.2) is 10.3 Å². The van der Waals surface area contributed by atoms with Gasteiger partial charge in [0.25, 0.3) is 0 Å². The topological polar surface area (TPSA) is 44.8 Å². The Labute approximate surface area is 113 Å². The molecule has 0 amide bonds. The number of halogens is 2. The summed E-state index contributed by atoms with van der Waals surface area (Å²) in [5.74, 6) is 0. The van der Waals surface area contributed by atoms with Crippen molar-refractivity contribution in [2.24, 2.45) is 0 Å². The zero-order valence-electron chi connectivity index (χ0n) is 8.08. The van der Waals surface area contributed by atoms with Crippen molar-refractivity contribution in [3.05, 3.63) is 0 Å². The lowest BCUT2D eigenvalue weighted by molar-refractivity contribution is 0.235. The quantitative estimate of drug-likeness (QED) is 0.289. The molecule has 0 saturated carbocycles. The Balaban J connectivity index is 3.39. The number of unbranched alkanes of at least 4 members (excludes halogenated alkanes) is 4.